The summed E-state index contributed by atoms with van der Waals surface area (Å²) in [7, 11) is 3.96. The molecular formula is C20H31N3O2S. The Hall–Kier alpha value is -1.53. The van der Waals surface area contributed by atoms with E-state index in [2.05, 4.69) is 38.2 Å². The van der Waals surface area contributed by atoms with Crippen LogP contribution < -0.4 is 5.32 Å². The van der Waals surface area contributed by atoms with Gasteiger partial charge in [0, 0.05) is 13.1 Å². The number of benzene rings is 1. The third-order valence-electron chi connectivity index (χ3n) is 4.42. The number of hydrogen-bond donors (Lipinski definition) is 1. The maximum atomic E-state index is 12.9. The lowest BCUT2D eigenvalue weighted by Crippen LogP contribution is -2.50. The molecule has 0 saturated carbocycles. The van der Waals surface area contributed by atoms with Gasteiger partial charge in [0.25, 0.3) is 0 Å². The molecule has 2 rings (SSSR count). The van der Waals surface area contributed by atoms with Gasteiger partial charge >= 0.3 is 0 Å². The minimum atomic E-state index is -0.426. The second-order valence-electron chi connectivity index (χ2n) is 7.62. The van der Waals surface area contributed by atoms with E-state index in [9.17, 15) is 9.59 Å². The largest absolute Gasteiger partial charge is 0.353 e. The van der Waals surface area contributed by atoms with Crippen molar-refractivity contribution in [3.8, 4) is 0 Å². The molecule has 1 N–H and O–H groups in total. The van der Waals surface area contributed by atoms with Gasteiger partial charge in [-0.05, 0) is 38.9 Å². The molecule has 0 radical (unpaired) electrons. The van der Waals surface area contributed by atoms with E-state index >= 15 is 0 Å². The van der Waals surface area contributed by atoms with E-state index in [1.165, 1.54) is 5.56 Å². The van der Waals surface area contributed by atoms with Gasteiger partial charge in [0.2, 0.25) is 11.8 Å². The van der Waals surface area contributed by atoms with Gasteiger partial charge < -0.3 is 15.1 Å². The quantitative estimate of drug-likeness (QED) is 0.757. The number of aryl methyl sites for hydroxylation is 1. The first-order valence-electron chi connectivity index (χ1n) is 9.21. The van der Waals surface area contributed by atoms with Crippen molar-refractivity contribution in [2.45, 2.75) is 38.6 Å². The first-order valence-corrected chi connectivity index (χ1v) is 10.3. The van der Waals surface area contributed by atoms with Gasteiger partial charge in [-0.25, -0.2) is 0 Å². The monoisotopic (exact) mass is 377 g/mol. The Labute approximate surface area is 161 Å². The lowest BCUT2D eigenvalue weighted by Gasteiger charge is -2.33. The molecule has 1 aromatic rings. The number of rotatable bonds is 8. The lowest BCUT2D eigenvalue weighted by molar-refractivity contribution is -0.139. The number of carbonyl (C=O) groups excluding carboxylic acids is 2. The van der Waals surface area contributed by atoms with E-state index in [0.717, 1.165) is 12.1 Å². The molecule has 0 spiro atoms. The molecule has 0 aliphatic carbocycles. The second kappa shape index (κ2) is 9.42. The standard InChI is InChI=1S/C20H31N3O2S/c1-14(2)11-17(19(25)21-9-10-22(4)5)23-18(24)13-26-20(23)16-8-6-7-15(3)12-16/h6-8,12,14,17,20H,9-11,13H2,1-5H3,(H,21,25)/t17-,20+/m1/s1. The van der Waals surface area contributed by atoms with Crippen molar-refractivity contribution in [1.29, 1.82) is 0 Å². The molecular weight excluding hydrogens is 346 g/mol. The zero-order valence-corrected chi connectivity index (χ0v) is 17.3. The van der Waals surface area contributed by atoms with Gasteiger partial charge in [-0.3, -0.25) is 9.59 Å². The molecule has 5 nitrogen and oxygen atoms in total. The lowest BCUT2D eigenvalue weighted by atomic mass is 10.0. The van der Waals surface area contributed by atoms with Crippen molar-refractivity contribution in [3.63, 3.8) is 0 Å². The summed E-state index contributed by atoms with van der Waals surface area (Å²) in [6.07, 6.45) is 0.669. The fraction of sp³-hybridized carbons (Fsp3) is 0.600. The average molecular weight is 378 g/mol. The van der Waals surface area contributed by atoms with Crippen molar-refractivity contribution in [1.82, 2.24) is 15.1 Å². The number of thioether (sulfide) groups is 1. The van der Waals surface area contributed by atoms with Crippen molar-refractivity contribution in [2.24, 2.45) is 5.92 Å². The highest BCUT2D eigenvalue weighted by atomic mass is 32.2. The molecule has 0 aromatic heterocycles. The van der Waals surface area contributed by atoms with E-state index in [0.29, 0.717) is 24.6 Å². The Bertz CT molecular complexity index is 633. The summed E-state index contributed by atoms with van der Waals surface area (Å²) >= 11 is 1.61. The first-order chi connectivity index (χ1) is 12.3. The normalized spacial score (nSPS) is 18.7. The Balaban J connectivity index is 2.22. The van der Waals surface area contributed by atoms with Crippen LogP contribution in [0.3, 0.4) is 0 Å². The fourth-order valence-electron chi connectivity index (χ4n) is 3.17. The van der Waals surface area contributed by atoms with Crippen LogP contribution in [0.5, 0.6) is 0 Å². The van der Waals surface area contributed by atoms with Gasteiger partial charge in [0.05, 0.1) is 5.75 Å². The van der Waals surface area contributed by atoms with Crippen LogP contribution in [-0.4, -0.2) is 60.6 Å². The number of amides is 2. The van der Waals surface area contributed by atoms with Crippen LogP contribution in [-0.2, 0) is 9.59 Å². The van der Waals surface area contributed by atoms with Crippen LogP contribution in [0, 0.1) is 12.8 Å². The van der Waals surface area contributed by atoms with Crippen molar-refractivity contribution >= 4 is 23.6 Å². The summed E-state index contributed by atoms with van der Waals surface area (Å²) in [5.41, 5.74) is 2.26. The summed E-state index contributed by atoms with van der Waals surface area (Å²) in [5.74, 6) is 0.762. The third kappa shape index (κ3) is 5.48. The number of nitrogens with zero attached hydrogens (tertiary/aromatic N) is 2. The van der Waals surface area contributed by atoms with Crippen molar-refractivity contribution < 1.29 is 9.59 Å². The summed E-state index contributed by atoms with van der Waals surface area (Å²) in [6.45, 7) is 7.61. The van der Waals surface area contributed by atoms with Gasteiger partial charge in [-0.1, -0.05) is 43.7 Å². The van der Waals surface area contributed by atoms with Crippen molar-refractivity contribution in [3.05, 3.63) is 35.4 Å². The Morgan fingerprint density at radius 3 is 2.73 bits per heavy atom. The van der Waals surface area contributed by atoms with E-state index in [4.69, 9.17) is 0 Å². The maximum Gasteiger partial charge on any atom is 0.242 e. The van der Waals surface area contributed by atoms with Crippen LogP contribution in [0.4, 0.5) is 0 Å². The molecule has 2 atom stereocenters. The maximum absolute atomic E-state index is 12.9. The fourth-order valence-corrected chi connectivity index (χ4v) is 4.38. The predicted octanol–water partition coefficient (Wildman–Crippen LogP) is 2.66. The summed E-state index contributed by atoms with van der Waals surface area (Å²) in [6, 6.07) is 7.80. The SMILES string of the molecule is Cc1cccc([C@@H]2SCC(=O)N2[C@H](CC(C)C)C(=O)NCCN(C)C)c1. The van der Waals surface area contributed by atoms with Crippen LogP contribution in [0.15, 0.2) is 24.3 Å². The molecule has 1 fully saturated rings. The number of likely N-dealkylation sites (N-methyl/N-ethyl adjacent to an activating group) is 1. The number of hydrogen-bond acceptors (Lipinski definition) is 4. The molecule has 1 aliphatic heterocycles. The highest BCUT2D eigenvalue weighted by Crippen LogP contribution is 2.41. The van der Waals surface area contributed by atoms with E-state index in [1.807, 2.05) is 36.0 Å². The van der Waals surface area contributed by atoms with E-state index < -0.39 is 6.04 Å². The highest BCUT2D eigenvalue weighted by molar-refractivity contribution is 8.00. The molecule has 0 bridgehead atoms. The minimum Gasteiger partial charge on any atom is -0.353 e. The third-order valence-corrected chi connectivity index (χ3v) is 5.65. The van der Waals surface area contributed by atoms with Gasteiger partial charge in [-0.15, -0.1) is 11.8 Å². The molecule has 144 valence electrons. The van der Waals surface area contributed by atoms with Gasteiger partial charge in [-0.2, -0.15) is 0 Å². The summed E-state index contributed by atoms with van der Waals surface area (Å²) < 4.78 is 0. The van der Waals surface area contributed by atoms with Crippen LogP contribution in [0.1, 0.15) is 36.8 Å². The smallest absolute Gasteiger partial charge is 0.242 e. The zero-order valence-electron chi connectivity index (χ0n) is 16.5. The van der Waals surface area contributed by atoms with Crippen molar-refractivity contribution in [2.75, 3.05) is 32.9 Å². The summed E-state index contributed by atoms with van der Waals surface area (Å²) in [4.78, 5) is 29.4. The number of nitrogens with one attached hydrogen (secondary N) is 1. The molecule has 2 amide bonds. The second-order valence-corrected chi connectivity index (χ2v) is 8.69. The minimum absolute atomic E-state index is 0.0472. The van der Waals surface area contributed by atoms with Crippen LogP contribution in [0.2, 0.25) is 0 Å². The molecule has 0 unspecified atom stereocenters. The number of carbonyl (C=O) groups is 2. The van der Waals surface area contributed by atoms with E-state index in [1.54, 1.807) is 11.8 Å². The predicted molar refractivity (Wildman–Crippen MR) is 108 cm³/mol. The Kier molecular flexibility index (Phi) is 7.53. The van der Waals surface area contributed by atoms with Crippen LogP contribution in [0.25, 0.3) is 0 Å². The Morgan fingerprint density at radius 2 is 2.12 bits per heavy atom. The van der Waals surface area contributed by atoms with E-state index in [-0.39, 0.29) is 17.2 Å². The van der Waals surface area contributed by atoms with Crippen LogP contribution >= 0.6 is 11.8 Å². The molecule has 1 heterocycles. The zero-order chi connectivity index (χ0) is 19.3. The summed E-state index contributed by atoms with van der Waals surface area (Å²) in [5, 5.41) is 2.92. The Morgan fingerprint density at radius 1 is 1.38 bits per heavy atom. The molecule has 26 heavy (non-hydrogen) atoms. The van der Waals surface area contributed by atoms with Gasteiger partial charge in [0.15, 0.2) is 0 Å². The highest BCUT2D eigenvalue weighted by Gasteiger charge is 2.40. The van der Waals surface area contributed by atoms with Gasteiger partial charge in [0.1, 0.15) is 11.4 Å². The topological polar surface area (TPSA) is 52.7 Å². The molecule has 1 aliphatic rings. The molecule has 1 aromatic carbocycles. The average Bonchev–Trinajstić information content (AvgIpc) is 2.93. The molecule has 6 heteroatoms. The first kappa shape index (κ1) is 20.8. The molecule has 1 saturated heterocycles.